The van der Waals surface area contributed by atoms with Crippen LogP contribution in [0.5, 0.6) is 0 Å². The Morgan fingerprint density at radius 1 is 1.33 bits per heavy atom. The van der Waals surface area contributed by atoms with E-state index >= 15 is 0 Å². The second-order valence-electron chi connectivity index (χ2n) is 6.12. The summed E-state index contributed by atoms with van der Waals surface area (Å²) < 4.78 is 0. The summed E-state index contributed by atoms with van der Waals surface area (Å²) in [5, 5.41) is 1.19. The van der Waals surface area contributed by atoms with Crippen molar-refractivity contribution in [1.82, 2.24) is 14.8 Å². The SMILES string of the molecule is CN1CCC(N(C)C(=O)Cc2ccc3cc[nH]c3c2)CC1. The quantitative estimate of drug-likeness (QED) is 0.939. The lowest BCUT2D eigenvalue weighted by molar-refractivity contribution is -0.132. The number of benzene rings is 1. The van der Waals surface area contributed by atoms with Crippen LogP contribution in [0.4, 0.5) is 0 Å². The Bertz CT molecular complexity index is 626. The van der Waals surface area contributed by atoms with E-state index in [9.17, 15) is 4.79 Å². The van der Waals surface area contributed by atoms with Gasteiger partial charge in [-0.05, 0) is 56.1 Å². The summed E-state index contributed by atoms with van der Waals surface area (Å²) in [5.41, 5.74) is 2.18. The fourth-order valence-electron chi connectivity index (χ4n) is 3.09. The molecule has 0 spiro atoms. The zero-order valence-corrected chi connectivity index (χ0v) is 12.8. The second-order valence-corrected chi connectivity index (χ2v) is 6.12. The van der Waals surface area contributed by atoms with Crippen LogP contribution < -0.4 is 0 Å². The van der Waals surface area contributed by atoms with Gasteiger partial charge in [0.15, 0.2) is 0 Å². The van der Waals surface area contributed by atoms with Crippen LogP contribution in [0.25, 0.3) is 10.9 Å². The molecule has 1 aliphatic rings. The maximum atomic E-state index is 12.5. The number of nitrogens with zero attached hydrogens (tertiary/aromatic N) is 2. The third kappa shape index (κ3) is 3.10. The summed E-state index contributed by atoms with van der Waals surface area (Å²) in [5.74, 6) is 0.218. The molecule has 2 aromatic rings. The van der Waals surface area contributed by atoms with Crippen LogP contribution in [0.2, 0.25) is 0 Å². The van der Waals surface area contributed by atoms with E-state index in [-0.39, 0.29) is 5.91 Å². The number of aromatic amines is 1. The molecule has 112 valence electrons. The molecule has 0 aliphatic carbocycles. The summed E-state index contributed by atoms with van der Waals surface area (Å²) >= 11 is 0. The van der Waals surface area contributed by atoms with Gasteiger partial charge in [-0.15, -0.1) is 0 Å². The minimum absolute atomic E-state index is 0.218. The molecule has 1 fully saturated rings. The van der Waals surface area contributed by atoms with Gasteiger partial charge >= 0.3 is 0 Å². The van der Waals surface area contributed by atoms with Gasteiger partial charge in [-0.2, -0.15) is 0 Å². The maximum Gasteiger partial charge on any atom is 0.226 e. The molecule has 0 bridgehead atoms. The highest BCUT2D eigenvalue weighted by molar-refractivity contribution is 5.83. The van der Waals surface area contributed by atoms with Crippen molar-refractivity contribution in [2.24, 2.45) is 0 Å². The molecule has 0 unspecified atom stereocenters. The topological polar surface area (TPSA) is 39.3 Å². The van der Waals surface area contributed by atoms with Crippen molar-refractivity contribution < 1.29 is 4.79 Å². The summed E-state index contributed by atoms with van der Waals surface area (Å²) in [6.45, 7) is 2.16. The van der Waals surface area contributed by atoms with Crippen molar-refractivity contribution in [3.63, 3.8) is 0 Å². The van der Waals surface area contributed by atoms with E-state index in [0.717, 1.165) is 37.0 Å². The van der Waals surface area contributed by atoms with Gasteiger partial charge < -0.3 is 14.8 Å². The number of nitrogens with one attached hydrogen (secondary N) is 1. The minimum atomic E-state index is 0.218. The Kier molecular flexibility index (Phi) is 3.97. The molecule has 2 heterocycles. The largest absolute Gasteiger partial charge is 0.361 e. The van der Waals surface area contributed by atoms with Crippen molar-refractivity contribution >= 4 is 16.8 Å². The molecule has 1 amide bonds. The first-order chi connectivity index (χ1) is 10.1. The number of amides is 1. The summed E-state index contributed by atoms with van der Waals surface area (Å²) in [4.78, 5) is 19.9. The molecule has 1 aliphatic heterocycles. The van der Waals surface area contributed by atoms with Crippen LogP contribution in [0.1, 0.15) is 18.4 Å². The maximum absolute atomic E-state index is 12.5. The molecule has 0 saturated carbocycles. The number of H-pyrrole nitrogens is 1. The lowest BCUT2D eigenvalue weighted by atomic mass is 10.0. The van der Waals surface area contributed by atoms with Crippen LogP contribution in [0.3, 0.4) is 0 Å². The van der Waals surface area contributed by atoms with E-state index in [2.05, 4.69) is 35.1 Å². The third-order valence-electron chi connectivity index (χ3n) is 4.60. The van der Waals surface area contributed by atoms with Gasteiger partial charge in [0.1, 0.15) is 0 Å². The van der Waals surface area contributed by atoms with Gasteiger partial charge in [-0.3, -0.25) is 4.79 Å². The number of rotatable bonds is 3. The van der Waals surface area contributed by atoms with E-state index in [1.165, 1.54) is 5.39 Å². The lowest BCUT2D eigenvalue weighted by Gasteiger charge is -2.35. The summed E-state index contributed by atoms with van der Waals surface area (Å²) in [6, 6.07) is 8.64. The number of hydrogen-bond donors (Lipinski definition) is 1. The number of piperidine rings is 1. The minimum Gasteiger partial charge on any atom is -0.361 e. The zero-order valence-electron chi connectivity index (χ0n) is 12.8. The van der Waals surface area contributed by atoms with Gasteiger partial charge in [-0.1, -0.05) is 12.1 Å². The van der Waals surface area contributed by atoms with E-state index in [4.69, 9.17) is 0 Å². The number of fused-ring (bicyclic) bond motifs is 1. The van der Waals surface area contributed by atoms with Crippen molar-refractivity contribution in [2.75, 3.05) is 27.2 Å². The highest BCUT2D eigenvalue weighted by atomic mass is 16.2. The van der Waals surface area contributed by atoms with Crippen molar-refractivity contribution in [3.05, 3.63) is 36.0 Å². The zero-order chi connectivity index (χ0) is 14.8. The van der Waals surface area contributed by atoms with Crippen molar-refractivity contribution in [2.45, 2.75) is 25.3 Å². The molecule has 1 aromatic carbocycles. The van der Waals surface area contributed by atoms with E-state index in [1.807, 2.05) is 24.2 Å². The summed E-state index contributed by atoms with van der Waals surface area (Å²) in [6.07, 6.45) is 4.57. The third-order valence-corrected chi connectivity index (χ3v) is 4.60. The standard InChI is InChI=1S/C17H23N3O/c1-19-9-6-15(7-10-19)20(2)17(21)12-13-3-4-14-5-8-18-16(14)11-13/h3-5,8,11,15,18H,6-7,9-10,12H2,1-2H3. The first-order valence-electron chi connectivity index (χ1n) is 7.64. The fourth-order valence-corrected chi connectivity index (χ4v) is 3.09. The average Bonchev–Trinajstić information content (AvgIpc) is 2.95. The smallest absolute Gasteiger partial charge is 0.226 e. The van der Waals surface area contributed by atoms with Gasteiger partial charge in [-0.25, -0.2) is 0 Å². The summed E-state index contributed by atoms with van der Waals surface area (Å²) in [7, 11) is 4.09. The van der Waals surface area contributed by atoms with Gasteiger partial charge in [0.2, 0.25) is 5.91 Å². The molecule has 0 atom stereocenters. The number of likely N-dealkylation sites (tertiary alicyclic amines) is 1. The Balaban J connectivity index is 1.64. The van der Waals surface area contributed by atoms with Crippen LogP contribution >= 0.6 is 0 Å². The Hall–Kier alpha value is -1.81. The van der Waals surface area contributed by atoms with Crippen LogP contribution in [0.15, 0.2) is 30.5 Å². The van der Waals surface area contributed by atoms with Gasteiger partial charge in [0, 0.05) is 24.8 Å². The molecule has 1 N–H and O–H groups in total. The molecule has 4 nitrogen and oxygen atoms in total. The highest BCUT2D eigenvalue weighted by Gasteiger charge is 2.23. The normalized spacial score (nSPS) is 17.2. The van der Waals surface area contributed by atoms with E-state index in [0.29, 0.717) is 12.5 Å². The number of hydrogen-bond acceptors (Lipinski definition) is 2. The van der Waals surface area contributed by atoms with E-state index in [1.54, 1.807) is 0 Å². The molecule has 0 radical (unpaired) electrons. The molecule has 21 heavy (non-hydrogen) atoms. The second kappa shape index (κ2) is 5.90. The number of carbonyl (C=O) groups excluding carboxylic acids is 1. The molecule has 3 rings (SSSR count). The number of likely N-dealkylation sites (N-methyl/N-ethyl adjacent to an activating group) is 1. The van der Waals surface area contributed by atoms with Crippen LogP contribution in [0, 0.1) is 0 Å². The van der Waals surface area contributed by atoms with Crippen molar-refractivity contribution in [3.8, 4) is 0 Å². The predicted molar refractivity (Wildman–Crippen MR) is 85.3 cm³/mol. The molecule has 1 saturated heterocycles. The Morgan fingerprint density at radius 2 is 2.10 bits per heavy atom. The van der Waals surface area contributed by atoms with Crippen LogP contribution in [-0.4, -0.2) is 53.9 Å². The first kappa shape index (κ1) is 14.1. The predicted octanol–water partition coefficient (Wildman–Crippen LogP) is 2.26. The highest BCUT2D eigenvalue weighted by Crippen LogP contribution is 2.18. The van der Waals surface area contributed by atoms with Crippen molar-refractivity contribution in [1.29, 1.82) is 0 Å². The molecular weight excluding hydrogens is 262 g/mol. The molecule has 1 aromatic heterocycles. The molecule has 4 heteroatoms. The fraction of sp³-hybridized carbons (Fsp3) is 0.471. The molecular formula is C17H23N3O. The van der Waals surface area contributed by atoms with Crippen LogP contribution in [-0.2, 0) is 11.2 Å². The van der Waals surface area contributed by atoms with E-state index < -0.39 is 0 Å². The average molecular weight is 285 g/mol. The Morgan fingerprint density at radius 3 is 2.86 bits per heavy atom. The monoisotopic (exact) mass is 285 g/mol. The Labute approximate surface area is 125 Å². The van der Waals surface area contributed by atoms with Gasteiger partial charge in [0.05, 0.1) is 6.42 Å². The first-order valence-corrected chi connectivity index (χ1v) is 7.64. The number of carbonyl (C=O) groups is 1. The number of aromatic nitrogens is 1. The lowest BCUT2D eigenvalue weighted by Crippen LogP contribution is -2.44. The van der Waals surface area contributed by atoms with Gasteiger partial charge in [0.25, 0.3) is 0 Å².